The lowest BCUT2D eigenvalue weighted by Gasteiger charge is -2.36. The summed E-state index contributed by atoms with van der Waals surface area (Å²) in [6.45, 7) is 0. The fourth-order valence-electron chi connectivity index (χ4n) is 3.25. The summed E-state index contributed by atoms with van der Waals surface area (Å²) in [6, 6.07) is 15.1. The molecule has 4 rings (SSSR count). The van der Waals surface area contributed by atoms with Crippen LogP contribution < -0.4 is 15.4 Å². The van der Waals surface area contributed by atoms with Gasteiger partial charge in [0.2, 0.25) is 10.0 Å². The Labute approximate surface area is 167 Å². The Morgan fingerprint density at radius 2 is 1.83 bits per heavy atom. The van der Waals surface area contributed by atoms with E-state index >= 15 is 0 Å². The van der Waals surface area contributed by atoms with E-state index in [0.717, 1.165) is 0 Å². The number of anilines is 2. The van der Waals surface area contributed by atoms with Crippen LogP contribution in [0.15, 0.2) is 78.0 Å². The lowest BCUT2D eigenvalue weighted by molar-refractivity contribution is -0.117. The SMILES string of the molecule is NS(=O)(=O)c1ccc2c(c1)NC(=O)C(c1ccccc1)N2C(=O)c1cccnc1. The van der Waals surface area contributed by atoms with Gasteiger partial charge in [-0.3, -0.25) is 19.5 Å². The van der Waals surface area contributed by atoms with Gasteiger partial charge in [-0.25, -0.2) is 13.6 Å². The maximum Gasteiger partial charge on any atom is 0.260 e. The van der Waals surface area contributed by atoms with Crippen LogP contribution in [0.2, 0.25) is 0 Å². The highest BCUT2D eigenvalue weighted by Crippen LogP contribution is 2.40. The highest BCUT2D eigenvalue weighted by molar-refractivity contribution is 7.89. The molecule has 0 saturated carbocycles. The Morgan fingerprint density at radius 1 is 1.07 bits per heavy atom. The number of carbonyl (C=O) groups is 2. The molecule has 1 aliphatic heterocycles. The first-order valence-corrected chi connectivity index (χ1v) is 10.2. The summed E-state index contributed by atoms with van der Waals surface area (Å²) < 4.78 is 23.4. The molecule has 0 spiro atoms. The quantitative estimate of drug-likeness (QED) is 0.687. The fraction of sp³-hybridized carbons (Fsp3) is 0.0500. The van der Waals surface area contributed by atoms with Gasteiger partial charge in [-0.05, 0) is 35.9 Å². The number of fused-ring (bicyclic) bond motifs is 1. The molecule has 0 radical (unpaired) electrons. The van der Waals surface area contributed by atoms with Crippen molar-refractivity contribution < 1.29 is 18.0 Å². The summed E-state index contributed by atoms with van der Waals surface area (Å²) in [5.74, 6) is -0.904. The van der Waals surface area contributed by atoms with Crippen LogP contribution in [0.1, 0.15) is 22.0 Å². The molecule has 1 atom stereocenters. The Morgan fingerprint density at radius 3 is 2.48 bits per heavy atom. The molecule has 2 aromatic carbocycles. The number of rotatable bonds is 3. The zero-order chi connectivity index (χ0) is 20.6. The lowest BCUT2D eigenvalue weighted by Crippen LogP contribution is -2.45. The van der Waals surface area contributed by atoms with Crippen LogP contribution in [0.3, 0.4) is 0 Å². The number of hydrogen-bond acceptors (Lipinski definition) is 5. The summed E-state index contributed by atoms with van der Waals surface area (Å²) in [7, 11) is -3.97. The maximum absolute atomic E-state index is 13.3. The van der Waals surface area contributed by atoms with Gasteiger partial charge in [0.1, 0.15) is 6.04 Å². The molecule has 29 heavy (non-hydrogen) atoms. The van der Waals surface area contributed by atoms with Crippen LogP contribution in [0.5, 0.6) is 0 Å². The first-order valence-electron chi connectivity index (χ1n) is 8.62. The van der Waals surface area contributed by atoms with Crippen LogP contribution in [-0.2, 0) is 14.8 Å². The second-order valence-electron chi connectivity index (χ2n) is 6.44. The summed E-state index contributed by atoms with van der Waals surface area (Å²) >= 11 is 0. The maximum atomic E-state index is 13.3. The molecule has 146 valence electrons. The molecular formula is C20H16N4O4S. The van der Waals surface area contributed by atoms with E-state index in [1.165, 1.54) is 29.3 Å². The monoisotopic (exact) mass is 408 g/mol. The van der Waals surface area contributed by atoms with Crippen LogP contribution in [0.25, 0.3) is 0 Å². The van der Waals surface area contributed by atoms with Crippen molar-refractivity contribution >= 4 is 33.2 Å². The van der Waals surface area contributed by atoms with Gasteiger partial charge < -0.3 is 5.32 Å². The Hall–Kier alpha value is -3.56. The van der Waals surface area contributed by atoms with Gasteiger partial charge in [0.25, 0.3) is 11.8 Å². The van der Waals surface area contributed by atoms with Crippen molar-refractivity contribution in [2.24, 2.45) is 5.14 Å². The van der Waals surface area contributed by atoms with Gasteiger partial charge >= 0.3 is 0 Å². The van der Waals surface area contributed by atoms with Gasteiger partial charge in [-0.15, -0.1) is 0 Å². The summed E-state index contributed by atoms with van der Waals surface area (Å²) in [5.41, 5.74) is 1.46. The van der Waals surface area contributed by atoms with E-state index in [1.54, 1.807) is 42.6 Å². The number of aromatic nitrogens is 1. The third-order valence-corrected chi connectivity index (χ3v) is 5.47. The highest BCUT2D eigenvalue weighted by atomic mass is 32.2. The van der Waals surface area contributed by atoms with E-state index < -0.39 is 27.9 Å². The molecule has 0 bridgehead atoms. The van der Waals surface area contributed by atoms with Crippen molar-refractivity contribution in [2.75, 3.05) is 10.2 Å². The minimum absolute atomic E-state index is 0.163. The summed E-state index contributed by atoms with van der Waals surface area (Å²) in [4.78, 5) is 31.5. The van der Waals surface area contributed by atoms with Gasteiger partial charge in [0, 0.05) is 12.4 Å². The molecule has 3 N–H and O–H groups in total. The van der Waals surface area contributed by atoms with E-state index in [4.69, 9.17) is 5.14 Å². The average Bonchev–Trinajstić information content (AvgIpc) is 2.72. The minimum Gasteiger partial charge on any atom is -0.322 e. The van der Waals surface area contributed by atoms with Crippen LogP contribution >= 0.6 is 0 Å². The van der Waals surface area contributed by atoms with Crippen molar-refractivity contribution in [3.05, 3.63) is 84.2 Å². The van der Waals surface area contributed by atoms with E-state index in [9.17, 15) is 18.0 Å². The largest absolute Gasteiger partial charge is 0.322 e. The van der Waals surface area contributed by atoms with Gasteiger partial charge in [-0.2, -0.15) is 0 Å². The Kier molecular flexibility index (Phi) is 4.61. The normalized spacial score (nSPS) is 16.1. The second kappa shape index (κ2) is 7.12. The minimum atomic E-state index is -3.97. The molecule has 1 unspecified atom stereocenters. The third kappa shape index (κ3) is 3.48. The van der Waals surface area contributed by atoms with Crippen LogP contribution in [0, 0.1) is 0 Å². The molecule has 2 amide bonds. The van der Waals surface area contributed by atoms with E-state index in [1.807, 2.05) is 6.07 Å². The zero-order valence-electron chi connectivity index (χ0n) is 15.0. The molecule has 1 aromatic heterocycles. The summed E-state index contributed by atoms with van der Waals surface area (Å²) in [5, 5.41) is 7.89. The number of nitrogens with two attached hydrogens (primary N) is 1. The third-order valence-electron chi connectivity index (χ3n) is 4.56. The Balaban J connectivity index is 1.90. The van der Waals surface area contributed by atoms with Crippen molar-refractivity contribution in [1.82, 2.24) is 4.98 Å². The molecule has 0 fully saturated rings. The van der Waals surface area contributed by atoms with Crippen molar-refractivity contribution in [3.8, 4) is 0 Å². The molecular weight excluding hydrogens is 392 g/mol. The number of primary sulfonamides is 1. The highest BCUT2D eigenvalue weighted by Gasteiger charge is 2.38. The van der Waals surface area contributed by atoms with Gasteiger partial charge in [0.15, 0.2) is 0 Å². The van der Waals surface area contributed by atoms with E-state index in [-0.39, 0.29) is 10.6 Å². The first-order chi connectivity index (χ1) is 13.9. The number of sulfonamides is 1. The van der Waals surface area contributed by atoms with E-state index in [2.05, 4.69) is 10.3 Å². The van der Waals surface area contributed by atoms with E-state index in [0.29, 0.717) is 16.8 Å². The molecule has 0 aliphatic carbocycles. The standard InChI is InChI=1S/C20H16N4O4S/c21-29(27,28)15-8-9-17-16(11-15)23-19(25)18(13-5-2-1-3-6-13)24(17)20(26)14-7-4-10-22-12-14/h1-12,18H,(H,23,25)(H2,21,27,28). The number of pyridine rings is 1. The number of benzene rings is 2. The molecule has 2 heterocycles. The first kappa shape index (κ1) is 18.8. The summed E-state index contributed by atoms with van der Waals surface area (Å²) in [6.07, 6.45) is 2.95. The smallest absolute Gasteiger partial charge is 0.260 e. The number of hydrogen-bond donors (Lipinski definition) is 2. The fourth-order valence-corrected chi connectivity index (χ4v) is 3.79. The molecule has 0 saturated heterocycles. The van der Waals surface area contributed by atoms with Crippen LogP contribution in [0.4, 0.5) is 11.4 Å². The van der Waals surface area contributed by atoms with Crippen molar-refractivity contribution in [1.29, 1.82) is 0 Å². The average molecular weight is 408 g/mol. The molecule has 1 aliphatic rings. The van der Waals surface area contributed by atoms with Crippen molar-refractivity contribution in [2.45, 2.75) is 10.9 Å². The number of nitrogens with zero attached hydrogens (tertiary/aromatic N) is 2. The van der Waals surface area contributed by atoms with Gasteiger partial charge in [-0.1, -0.05) is 30.3 Å². The molecule has 9 heteroatoms. The van der Waals surface area contributed by atoms with Crippen molar-refractivity contribution in [3.63, 3.8) is 0 Å². The Bertz CT molecular complexity index is 1200. The van der Waals surface area contributed by atoms with Gasteiger partial charge in [0.05, 0.1) is 21.8 Å². The van der Waals surface area contributed by atoms with Crippen LogP contribution in [-0.4, -0.2) is 25.2 Å². The number of amides is 2. The topological polar surface area (TPSA) is 122 Å². The molecule has 8 nitrogen and oxygen atoms in total. The second-order valence-corrected chi connectivity index (χ2v) is 8.00. The lowest BCUT2D eigenvalue weighted by atomic mass is 9.99. The predicted molar refractivity (Wildman–Crippen MR) is 107 cm³/mol. The predicted octanol–water partition coefficient (Wildman–Crippen LogP) is 2.07. The number of carbonyl (C=O) groups excluding carboxylic acids is 2. The zero-order valence-corrected chi connectivity index (χ0v) is 15.8. The number of nitrogens with one attached hydrogen (secondary N) is 1. The molecule has 3 aromatic rings.